The second-order valence-corrected chi connectivity index (χ2v) is 3.89. The van der Waals surface area contributed by atoms with Crippen molar-refractivity contribution in [1.82, 2.24) is 14.9 Å². The van der Waals surface area contributed by atoms with Crippen molar-refractivity contribution in [2.75, 3.05) is 7.05 Å². The molecular formula is C10H16ClN3. The highest BCUT2D eigenvalue weighted by atomic mass is 35.5. The first-order valence-corrected chi connectivity index (χ1v) is 5.18. The minimum Gasteiger partial charge on any atom is -0.298 e. The van der Waals surface area contributed by atoms with E-state index in [0.717, 1.165) is 18.7 Å². The first-order chi connectivity index (χ1) is 6.63. The molecule has 0 amide bonds. The normalized spacial score (nSPS) is 13.2. The Labute approximate surface area is 90.1 Å². The molecule has 1 rings (SSSR count). The SMILES string of the molecule is CCC(C)N(C)Cc1cnc(Cl)cn1. The lowest BCUT2D eigenvalue weighted by atomic mass is 10.2. The molecule has 1 aromatic heterocycles. The highest BCUT2D eigenvalue weighted by Crippen LogP contribution is 2.07. The van der Waals surface area contributed by atoms with Gasteiger partial charge in [-0.1, -0.05) is 18.5 Å². The smallest absolute Gasteiger partial charge is 0.147 e. The first kappa shape index (κ1) is 11.4. The molecule has 0 saturated heterocycles. The summed E-state index contributed by atoms with van der Waals surface area (Å²) in [5, 5.41) is 0.444. The number of rotatable bonds is 4. The highest BCUT2D eigenvalue weighted by molar-refractivity contribution is 6.29. The summed E-state index contributed by atoms with van der Waals surface area (Å²) in [5.41, 5.74) is 0.956. The molecule has 0 N–H and O–H groups in total. The Hall–Kier alpha value is -0.670. The van der Waals surface area contributed by atoms with Crippen LogP contribution >= 0.6 is 11.6 Å². The summed E-state index contributed by atoms with van der Waals surface area (Å²) in [6.07, 6.45) is 4.44. The summed E-state index contributed by atoms with van der Waals surface area (Å²) in [6, 6.07) is 0.562. The molecule has 0 aliphatic rings. The van der Waals surface area contributed by atoms with Crippen LogP contribution in [0.5, 0.6) is 0 Å². The lowest BCUT2D eigenvalue weighted by Crippen LogP contribution is -2.28. The van der Waals surface area contributed by atoms with Crippen LogP contribution < -0.4 is 0 Å². The van der Waals surface area contributed by atoms with Gasteiger partial charge in [0.15, 0.2) is 0 Å². The van der Waals surface area contributed by atoms with Crippen LogP contribution in [-0.2, 0) is 6.54 Å². The Morgan fingerprint density at radius 1 is 1.43 bits per heavy atom. The molecule has 0 aromatic carbocycles. The molecule has 0 bridgehead atoms. The van der Waals surface area contributed by atoms with Gasteiger partial charge in [-0.25, -0.2) is 4.98 Å². The summed E-state index contributed by atoms with van der Waals surface area (Å²) in [6.45, 7) is 5.19. The van der Waals surface area contributed by atoms with Crippen molar-refractivity contribution < 1.29 is 0 Å². The van der Waals surface area contributed by atoms with Crippen molar-refractivity contribution >= 4 is 11.6 Å². The molecule has 0 aliphatic carbocycles. The highest BCUT2D eigenvalue weighted by Gasteiger charge is 2.07. The first-order valence-electron chi connectivity index (χ1n) is 4.80. The third kappa shape index (κ3) is 3.24. The number of hydrogen-bond acceptors (Lipinski definition) is 3. The predicted molar refractivity (Wildman–Crippen MR) is 58.3 cm³/mol. The van der Waals surface area contributed by atoms with E-state index >= 15 is 0 Å². The van der Waals surface area contributed by atoms with E-state index in [9.17, 15) is 0 Å². The van der Waals surface area contributed by atoms with Crippen LogP contribution in [0.3, 0.4) is 0 Å². The number of aromatic nitrogens is 2. The van der Waals surface area contributed by atoms with E-state index < -0.39 is 0 Å². The molecule has 4 heteroatoms. The Bertz CT molecular complexity index is 273. The average molecular weight is 214 g/mol. The van der Waals surface area contributed by atoms with Crippen LogP contribution in [0.15, 0.2) is 12.4 Å². The largest absolute Gasteiger partial charge is 0.298 e. The fourth-order valence-corrected chi connectivity index (χ4v) is 1.24. The van der Waals surface area contributed by atoms with Crippen LogP contribution in [0, 0.1) is 0 Å². The van der Waals surface area contributed by atoms with Gasteiger partial charge in [0, 0.05) is 12.6 Å². The Morgan fingerprint density at radius 2 is 2.14 bits per heavy atom. The van der Waals surface area contributed by atoms with Gasteiger partial charge >= 0.3 is 0 Å². The van der Waals surface area contributed by atoms with Gasteiger partial charge in [0.05, 0.1) is 18.1 Å². The number of halogens is 1. The third-order valence-electron chi connectivity index (χ3n) is 2.43. The maximum absolute atomic E-state index is 5.65. The Balaban J connectivity index is 2.56. The van der Waals surface area contributed by atoms with Gasteiger partial charge in [-0.15, -0.1) is 0 Å². The van der Waals surface area contributed by atoms with Gasteiger partial charge in [-0.2, -0.15) is 0 Å². The average Bonchev–Trinajstić information content (AvgIpc) is 2.20. The summed E-state index contributed by atoms with van der Waals surface area (Å²) < 4.78 is 0. The molecule has 3 nitrogen and oxygen atoms in total. The third-order valence-corrected chi connectivity index (χ3v) is 2.62. The molecule has 0 saturated carbocycles. The molecule has 0 spiro atoms. The summed E-state index contributed by atoms with van der Waals surface area (Å²) in [4.78, 5) is 10.4. The van der Waals surface area contributed by atoms with E-state index in [2.05, 4.69) is 35.8 Å². The van der Waals surface area contributed by atoms with E-state index in [-0.39, 0.29) is 0 Å². The topological polar surface area (TPSA) is 29.0 Å². The monoisotopic (exact) mass is 213 g/mol. The van der Waals surface area contributed by atoms with Gasteiger partial charge < -0.3 is 0 Å². The quantitative estimate of drug-likeness (QED) is 0.769. The minimum absolute atomic E-state index is 0.444. The zero-order chi connectivity index (χ0) is 10.6. The lowest BCUT2D eigenvalue weighted by molar-refractivity contribution is 0.241. The van der Waals surface area contributed by atoms with Crippen LogP contribution in [-0.4, -0.2) is 28.0 Å². The molecule has 1 unspecified atom stereocenters. The predicted octanol–water partition coefficient (Wildman–Crippen LogP) is 2.36. The second kappa shape index (κ2) is 5.27. The van der Waals surface area contributed by atoms with E-state index in [1.165, 1.54) is 0 Å². The van der Waals surface area contributed by atoms with Crippen molar-refractivity contribution in [3.63, 3.8) is 0 Å². The van der Waals surface area contributed by atoms with Crippen LogP contribution in [0.1, 0.15) is 26.0 Å². The maximum atomic E-state index is 5.65. The Morgan fingerprint density at radius 3 is 2.64 bits per heavy atom. The zero-order valence-electron chi connectivity index (χ0n) is 8.87. The standard InChI is InChI=1S/C10H16ClN3/c1-4-8(2)14(3)7-9-5-13-10(11)6-12-9/h5-6,8H,4,7H2,1-3H3. The maximum Gasteiger partial charge on any atom is 0.147 e. The van der Waals surface area contributed by atoms with Crippen molar-refractivity contribution in [1.29, 1.82) is 0 Å². The molecule has 1 heterocycles. The second-order valence-electron chi connectivity index (χ2n) is 3.50. The van der Waals surface area contributed by atoms with Gasteiger partial charge in [0.1, 0.15) is 5.15 Å². The molecule has 0 radical (unpaired) electrons. The van der Waals surface area contributed by atoms with Gasteiger partial charge in [-0.05, 0) is 20.4 Å². The van der Waals surface area contributed by atoms with E-state index in [0.29, 0.717) is 11.2 Å². The molecule has 1 atom stereocenters. The molecule has 14 heavy (non-hydrogen) atoms. The van der Waals surface area contributed by atoms with E-state index in [1.54, 1.807) is 12.4 Å². The molecule has 78 valence electrons. The zero-order valence-corrected chi connectivity index (χ0v) is 9.62. The summed E-state index contributed by atoms with van der Waals surface area (Å²) >= 11 is 5.65. The van der Waals surface area contributed by atoms with Gasteiger partial charge in [-0.3, -0.25) is 9.88 Å². The molecule has 1 aromatic rings. The van der Waals surface area contributed by atoms with Crippen molar-refractivity contribution in [3.8, 4) is 0 Å². The lowest BCUT2D eigenvalue weighted by Gasteiger charge is -2.22. The molecule has 0 fully saturated rings. The summed E-state index contributed by atoms with van der Waals surface area (Å²) in [7, 11) is 2.09. The molecule has 0 aliphatic heterocycles. The summed E-state index contributed by atoms with van der Waals surface area (Å²) in [5.74, 6) is 0. The fourth-order valence-electron chi connectivity index (χ4n) is 1.14. The van der Waals surface area contributed by atoms with Crippen LogP contribution in [0.25, 0.3) is 0 Å². The Kier molecular flexibility index (Phi) is 4.29. The van der Waals surface area contributed by atoms with E-state index in [1.807, 2.05) is 0 Å². The number of hydrogen-bond donors (Lipinski definition) is 0. The molecular weight excluding hydrogens is 198 g/mol. The van der Waals surface area contributed by atoms with Crippen LogP contribution in [0.2, 0.25) is 5.15 Å². The number of nitrogens with zero attached hydrogens (tertiary/aromatic N) is 3. The van der Waals surface area contributed by atoms with Crippen molar-refractivity contribution in [3.05, 3.63) is 23.2 Å². The minimum atomic E-state index is 0.444. The van der Waals surface area contributed by atoms with Crippen molar-refractivity contribution in [2.45, 2.75) is 32.9 Å². The van der Waals surface area contributed by atoms with Gasteiger partial charge in [0.25, 0.3) is 0 Å². The van der Waals surface area contributed by atoms with Crippen molar-refractivity contribution in [2.24, 2.45) is 0 Å². The fraction of sp³-hybridized carbons (Fsp3) is 0.600. The van der Waals surface area contributed by atoms with Gasteiger partial charge in [0.2, 0.25) is 0 Å². The van der Waals surface area contributed by atoms with E-state index in [4.69, 9.17) is 11.6 Å². The van der Waals surface area contributed by atoms with Crippen LogP contribution in [0.4, 0.5) is 0 Å².